The van der Waals surface area contributed by atoms with Gasteiger partial charge in [-0.1, -0.05) is 6.42 Å². The minimum atomic E-state index is 0. The first-order valence-electron chi connectivity index (χ1n) is 9.94. The van der Waals surface area contributed by atoms with Gasteiger partial charge in [-0.25, -0.2) is 4.98 Å². The van der Waals surface area contributed by atoms with E-state index in [1.807, 2.05) is 6.07 Å². The molecular formula is C19H28IN7O2. The van der Waals surface area contributed by atoms with Crippen LogP contribution in [0.5, 0.6) is 0 Å². The zero-order valence-electron chi connectivity index (χ0n) is 16.5. The molecule has 2 aromatic heterocycles. The molecule has 9 nitrogen and oxygen atoms in total. The third-order valence-corrected chi connectivity index (χ3v) is 5.23. The van der Waals surface area contributed by atoms with Crippen molar-refractivity contribution in [1.82, 2.24) is 31.1 Å². The fourth-order valence-electron chi connectivity index (χ4n) is 3.55. The summed E-state index contributed by atoms with van der Waals surface area (Å²) in [6.45, 7) is 0.464. The van der Waals surface area contributed by atoms with Crippen LogP contribution in [0.15, 0.2) is 27.8 Å². The first-order valence-corrected chi connectivity index (χ1v) is 9.94. The molecule has 0 spiro atoms. The molecule has 0 aliphatic heterocycles. The molecule has 0 bridgehead atoms. The number of nitrogens with zero attached hydrogens (tertiary/aromatic N) is 3. The molecule has 158 valence electrons. The Morgan fingerprint density at radius 3 is 2.86 bits per heavy atom. The molecule has 2 aliphatic carbocycles. The average molecular weight is 513 g/mol. The van der Waals surface area contributed by atoms with E-state index >= 15 is 0 Å². The highest BCUT2D eigenvalue weighted by molar-refractivity contribution is 14.0. The lowest BCUT2D eigenvalue weighted by atomic mass is 9.85. The second kappa shape index (κ2) is 10.1. The monoisotopic (exact) mass is 513 g/mol. The number of nitrogens with one attached hydrogen (secondary N) is 4. The van der Waals surface area contributed by atoms with Crippen molar-refractivity contribution in [3.8, 4) is 11.6 Å². The van der Waals surface area contributed by atoms with E-state index < -0.39 is 0 Å². The van der Waals surface area contributed by atoms with Crippen LogP contribution in [0.2, 0.25) is 0 Å². The standard InChI is InChI=1S/C19H27N7O2.HI/c1-20-19(21-11-16-24-17(26-25-16)15-6-3-9-28-15)23-14-5-2-4-12(10-14)18(27)22-13-7-8-13;/h3,6,9,12-14H,2,4-5,7-8,10-11H2,1H3,(H,22,27)(H2,20,21,23)(H,24,25,26);1H. The number of amides is 1. The molecular weight excluding hydrogens is 485 g/mol. The van der Waals surface area contributed by atoms with Crippen molar-refractivity contribution in [2.24, 2.45) is 10.9 Å². The number of furan rings is 1. The third-order valence-electron chi connectivity index (χ3n) is 5.23. The predicted molar refractivity (Wildman–Crippen MR) is 120 cm³/mol. The Bertz CT molecular complexity index is 816. The maximum atomic E-state index is 12.3. The number of aromatic nitrogens is 3. The molecule has 4 rings (SSSR count). The maximum absolute atomic E-state index is 12.3. The van der Waals surface area contributed by atoms with Gasteiger partial charge in [0.2, 0.25) is 11.7 Å². The molecule has 4 N–H and O–H groups in total. The van der Waals surface area contributed by atoms with Gasteiger partial charge >= 0.3 is 0 Å². The molecule has 2 unspecified atom stereocenters. The molecule has 2 heterocycles. The van der Waals surface area contributed by atoms with E-state index in [-0.39, 0.29) is 41.8 Å². The topological polar surface area (TPSA) is 120 Å². The highest BCUT2D eigenvalue weighted by Crippen LogP contribution is 2.26. The van der Waals surface area contributed by atoms with Gasteiger partial charge in [0.1, 0.15) is 5.82 Å². The SMILES string of the molecule is CN=C(NCc1nc(-c2ccco2)n[nH]1)NC1CCCC(C(=O)NC2CC2)C1.I. The van der Waals surface area contributed by atoms with Crippen molar-refractivity contribution in [3.05, 3.63) is 24.2 Å². The molecule has 29 heavy (non-hydrogen) atoms. The lowest BCUT2D eigenvalue weighted by Gasteiger charge is -2.30. The quantitative estimate of drug-likeness (QED) is 0.267. The van der Waals surface area contributed by atoms with Gasteiger partial charge < -0.3 is 20.4 Å². The van der Waals surface area contributed by atoms with E-state index in [2.05, 4.69) is 36.1 Å². The molecule has 0 radical (unpaired) electrons. The summed E-state index contributed by atoms with van der Waals surface area (Å²) < 4.78 is 5.30. The van der Waals surface area contributed by atoms with Crippen LogP contribution in [0.4, 0.5) is 0 Å². The smallest absolute Gasteiger partial charge is 0.223 e. The molecule has 0 saturated heterocycles. The van der Waals surface area contributed by atoms with E-state index in [1.54, 1.807) is 19.4 Å². The summed E-state index contributed by atoms with van der Waals surface area (Å²) >= 11 is 0. The Kier molecular flexibility index (Phi) is 7.51. The Hall–Kier alpha value is -2.11. The summed E-state index contributed by atoms with van der Waals surface area (Å²) in [4.78, 5) is 21.1. The lowest BCUT2D eigenvalue weighted by molar-refractivity contribution is -0.126. The van der Waals surface area contributed by atoms with Gasteiger partial charge in [0.15, 0.2) is 11.7 Å². The van der Waals surface area contributed by atoms with Gasteiger partial charge in [0.25, 0.3) is 0 Å². The van der Waals surface area contributed by atoms with Gasteiger partial charge in [0.05, 0.1) is 12.8 Å². The molecule has 1 amide bonds. The Morgan fingerprint density at radius 2 is 2.14 bits per heavy atom. The number of halogens is 1. The van der Waals surface area contributed by atoms with Gasteiger partial charge in [0, 0.05) is 25.0 Å². The van der Waals surface area contributed by atoms with Crippen molar-refractivity contribution >= 4 is 35.8 Å². The molecule has 2 aliphatic rings. The second-order valence-corrected chi connectivity index (χ2v) is 7.50. The van der Waals surface area contributed by atoms with E-state index in [0.717, 1.165) is 38.5 Å². The van der Waals surface area contributed by atoms with Crippen LogP contribution < -0.4 is 16.0 Å². The summed E-state index contributed by atoms with van der Waals surface area (Å²) in [5.41, 5.74) is 0. The van der Waals surface area contributed by atoms with E-state index in [9.17, 15) is 4.79 Å². The highest BCUT2D eigenvalue weighted by Gasteiger charge is 2.31. The van der Waals surface area contributed by atoms with Gasteiger partial charge in [-0.3, -0.25) is 14.9 Å². The van der Waals surface area contributed by atoms with Crippen LogP contribution in [0, 0.1) is 5.92 Å². The van der Waals surface area contributed by atoms with E-state index in [4.69, 9.17) is 4.42 Å². The van der Waals surface area contributed by atoms with Crippen LogP contribution >= 0.6 is 24.0 Å². The highest BCUT2D eigenvalue weighted by atomic mass is 127. The normalized spacial score (nSPS) is 21.9. The number of carbonyl (C=O) groups excluding carboxylic acids is 1. The molecule has 2 saturated carbocycles. The molecule has 0 aromatic carbocycles. The number of carbonyl (C=O) groups is 1. The summed E-state index contributed by atoms with van der Waals surface area (Å²) in [7, 11) is 1.74. The first kappa shape index (κ1) is 21.6. The second-order valence-electron chi connectivity index (χ2n) is 7.50. The van der Waals surface area contributed by atoms with Crippen LogP contribution in [0.25, 0.3) is 11.6 Å². The average Bonchev–Trinajstić information content (AvgIpc) is 3.18. The molecule has 2 atom stereocenters. The Labute approximate surface area is 186 Å². The number of H-pyrrole nitrogens is 1. The lowest BCUT2D eigenvalue weighted by Crippen LogP contribution is -2.47. The summed E-state index contributed by atoms with van der Waals surface area (Å²) in [6.07, 6.45) is 7.74. The number of hydrogen-bond acceptors (Lipinski definition) is 5. The van der Waals surface area contributed by atoms with Gasteiger partial charge in [-0.2, -0.15) is 0 Å². The number of aromatic amines is 1. The van der Waals surface area contributed by atoms with Gasteiger partial charge in [-0.05, 0) is 44.2 Å². The zero-order chi connectivity index (χ0) is 19.3. The van der Waals surface area contributed by atoms with Crippen molar-refractivity contribution in [1.29, 1.82) is 0 Å². The van der Waals surface area contributed by atoms with Crippen LogP contribution in [-0.2, 0) is 11.3 Å². The largest absolute Gasteiger partial charge is 0.461 e. The molecule has 2 fully saturated rings. The maximum Gasteiger partial charge on any atom is 0.223 e. The predicted octanol–water partition coefficient (Wildman–Crippen LogP) is 2.19. The van der Waals surface area contributed by atoms with Crippen LogP contribution in [0.1, 0.15) is 44.3 Å². The summed E-state index contributed by atoms with van der Waals surface area (Å²) in [5, 5.41) is 16.9. The number of rotatable bonds is 6. The minimum Gasteiger partial charge on any atom is -0.461 e. The Morgan fingerprint density at radius 1 is 1.28 bits per heavy atom. The van der Waals surface area contributed by atoms with Crippen molar-refractivity contribution in [3.63, 3.8) is 0 Å². The van der Waals surface area contributed by atoms with Crippen LogP contribution in [0.3, 0.4) is 0 Å². The zero-order valence-corrected chi connectivity index (χ0v) is 18.8. The first-order chi connectivity index (χ1) is 13.7. The van der Waals surface area contributed by atoms with Gasteiger partial charge in [-0.15, -0.1) is 29.1 Å². The van der Waals surface area contributed by atoms with Crippen LogP contribution in [-0.4, -0.2) is 46.2 Å². The summed E-state index contributed by atoms with van der Waals surface area (Å²) in [5.74, 6) is 2.85. The fraction of sp³-hybridized carbons (Fsp3) is 0.579. The fourth-order valence-corrected chi connectivity index (χ4v) is 3.55. The van der Waals surface area contributed by atoms with Crippen molar-refractivity contribution in [2.75, 3.05) is 7.05 Å². The summed E-state index contributed by atoms with van der Waals surface area (Å²) in [6, 6.07) is 4.28. The molecule has 2 aromatic rings. The number of aliphatic imine (C=N–C) groups is 1. The minimum absolute atomic E-state index is 0. The molecule has 10 heteroatoms. The van der Waals surface area contributed by atoms with E-state index in [1.165, 1.54) is 0 Å². The Balaban J connectivity index is 0.00000240. The number of guanidine groups is 1. The number of hydrogen-bond donors (Lipinski definition) is 4. The van der Waals surface area contributed by atoms with Crippen molar-refractivity contribution in [2.45, 2.75) is 57.2 Å². The van der Waals surface area contributed by atoms with Crippen molar-refractivity contribution < 1.29 is 9.21 Å². The third kappa shape index (κ3) is 5.94. The van der Waals surface area contributed by atoms with E-state index in [0.29, 0.717) is 36.0 Å².